The molecule has 3 rings (SSSR count). The van der Waals surface area contributed by atoms with Gasteiger partial charge in [-0.3, -0.25) is 9.59 Å². The maximum atomic E-state index is 13.0. The molecule has 0 aliphatic carbocycles. The number of carbonyl (C=O) groups is 2. The molecule has 28 heavy (non-hydrogen) atoms. The van der Waals surface area contributed by atoms with Crippen molar-refractivity contribution < 1.29 is 9.59 Å². The lowest BCUT2D eigenvalue weighted by Gasteiger charge is -2.22. The van der Waals surface area contributed by atoms with Crippen LogP contribution in [0.3, 0.4) is 0 Å². The van der Waals surface area contributed by atoms with Gasteiger partial charge in [-0.25, -0.2) is 0 Å². The number of nitrogens with two attached hydrogens (primary N) is 1. The monoisotopic (exact) mass is 375 g/mol. The third-order valence-electron chi connectivity index (χ3n) is 4.60. The molecule has 3 N–H and O–H groups in total. The SMILES string of the molecule is C/C(=C\c1ccccc1)CN(CCCN)C(=O)C(=O)c1c[nH]c2ccccc12. The van der Waals surface area contributed by atoms with Crippen molar-refractivity contribution in [3.05, 3.63) is 77.5 Å². The highest BCUT2D eigenvalue weighted by Gasteiger charge is 2.25. The molecule has 0 unspecified atom stereocenters. The summed E-state index contributed by atoms with van der Waals surface area (Å²) in [7, 11) is 0. The van der Waals surface area contributed by atoms with Gasteiger partial charge in [0.2, 0.25) is 0 Å². The highest BCUT2D eigenvalue weighted by Crippen LogP contribution is 2.19. The zero-order chi connectivity index (χ0) is 19.9. The number of Topliss-reactive ketones (excluding diaryl/α,β-unsaturated/α-hetero) is 1. The van der Waals surface area contributed by atoms with Gasteiger partial charge in [0.05, 0.1) is 5.56 Å². The molecule has 5 nitrogen and oxygen atoms in total. The third-order valence-corrected chi connectivity index (χ3v) is 4.60. The molecule has 0 aliphatic rings. The van der Waals surface area contributed by atoms with Crippen LogP contribution in [-0.2, 0) is 4.79 Å². The Kier molecular flexibility index (Phi) is 6.40. The molecule has 0 bridgehead atoms. The van der Waals surface area contributed by atoms with Crippen LogP contribution in [0.25, 0.3) is 17.0 Å². The summed E-state index contributed by atoms with van der Waals surface area (Å²) in [6.45, 7) is 3.27. The number of nitrogens with zero attached hydrogens (tertiary/aromatic N) is 1. The Morgan fingerprint density at radius 3 is 2.54 bits per heavy atom. The maximum absolute atomic E-state index is 13.0. The second-order valence-corrected chi connectivity index (χ2v) is 6.85. The summed E-state index contributed by atoms with van der Waals surface area (Å²) >= 11 is 0. The van der Waals surface area contributed by atoms with Gasteiger partial charge in [0.15, 0.2) is 0 Å². The number of ketones is 1. The van der Waals surface area contributed by atoms with Crippen molar-refractivity contribution in [2.45, 2.75) is 13.3 Å². The van der Waals surface area contributed by atoms with E-state index in [0.717, 1.165) is 22.0 Å². The molecule has 2 aromatic carbocycles. The average molecular weight is 375 g/mol. The Morgan fingerprint density at radius 2 is 1.79 bits per heavy atom. The van der Waals surface area contributed by atoms with Crippen LogP contribution in [0.4, 0.5) is 0 Å². The van der Waals surface area contributed by atoms with Gasteiger partial charge >= 0.3 is 0 Å². The second kappa shape index (κ2) is 9.15. The van der Waals surface area contributed by atoms with Crippen molar-refractivity contribution in [1.82, 2.24) is 9.88 Å². The van der Waals surface area contributed by atoms with E-state index in [4.69, 9.17) is 5.73 Å². The molecule has 144 valence electrons. The zero-order valence-corrected chi connectivity index (χ0v) is 16.0. The zero-order valence-electron chi connectivity index (χ0n) is 16.0. The van der Waals surface area contributed by atoms with E-state index in [0.29, 0.717) is 31.6 Å². The van der Waals surface area contributed by atoms with E-state index < -0.39 is 11.7 Å². The predicted molar refractivity (Wildman–Crippen MR) is 113 cm³/mol. The van der Waals surface area contributed by atoms with Crippen molar-refractivity contribution in [3.63, 3.8) is 0 Å². The van der Waals surface area contributed by atoms with E-state index in [1.54, 1.807) is 11.1 Å². The number of rotatable bonds is 8. The lowest BCUT2D eigenvalue weighted by Crippen LogP contribution is -2.39. The molecule has 0 saturated carbocycles. The Morgan fingerprint density at radius 1 is 1.07 bits per heavy atom. The van der Waals surface area contributed by atoms with Crippen LogP contribution < -0.4 is 5.73 Å². The summed E-state index contributed by atoms with van der Waals surface area (Å²) in [5, 5.41) is 0.760. The first-order valence-electron chi connectivity index (χ1n) is 9.42. The molecular weight excluding hydrogens is 350 g/mol. The number of hydrogen-bond acceptors (Lipinski definition) is 3. The number of carbonyl (C=O) groups excluding carboxylic acids is 2. The minimum absolute atomic E-state index is 0.391. The first-order valence-corrected chi connectivity index (χ1v) is 9.42. The van der Waals surface area contributed by atoms with Crippen LogP contribution in [0.1, 0.15) is 29.3 Å². The molecule has 1 heterocycles. The number of aromatic amines is 1. The fourth-order valence-electron chi connectivity index (χ4n) is 3.23. The predicted octanol–water partition coefficient (Wildman–Crippen LogP) is 3.63. The van der Waals surface area contributed by atoms with Crippen LogP contribution in [-0.4, -0.2) is 41.2 Å². The summed E-state index contributed by atoms with van der Waals surface area (Å²) in [6.07, 6.45) is 4.28. The molecular formula is C23H25N3O2. The van der Waals surface area contributed by atoms with Gasteiger partial charge in [-0.1, -0.05) is 60.2 Å². The number of para-hydroxylation sites is 1. The second-order valence-electron chi connectivity index (χ2n) is 6.85. The maximum Gasteiger partial charge on any atom is 0.295 e. The first kappa shape index (κ1) is 19.6. The largest absolute Gasteiger partial charge is 0.360 e. The lowest BCUT2D eigenvalue weighted by molar-refractivity contribution is -0.126. The summed E-state index contributed by atoms with van der Waals surface area (Å²) in [5.74, 6) is -0.999. The topological polar surface area (TPSA) is 79.2 Å². The minimum atomic E-state index is -0.501. The molecule has 1 amide bonds. The highest BCUT2D eigenvalue weighted by atomic mass is 16.2. The Balaban J connectivity index is 1.81. The van der Waals surface area contributed by atoms with E-state index in [1.807, 2.05) is 67.6 Å². The average Bonchev–Trinajstić information content (AvgIpc) is 3.15. The summed E-state index contributed by atoms with van der Waals surface area (Å²) in [6, 6.07) is 17.4. The van der Waals surface area contributed by atoms with Crippen molar-refractivity contribution in [1.29, 1.82) is 0 Å². The van der Waals surface area contributed by atoms with Crippen LogP contribution in [0.15, 0.2) is 66.4 Å². The van der Waals surface area contributed by atoms with Gasteiger partial charge in [-0.05, 0) is 31.5 Å². The molecule has 0 radical (unpaired) electrons. The van der Waals surface area contributed by atoms with Crippen molar-refractivity contribution in [3.8, 4) is 0 Å². The van der Waals surface area contributed by atoms with Crippen LogP contribution in [0.2, 0.25) is 0 Å². The quantitative estimate of drug-likeness (QED) is 0.466. The van der Waals surface area contributed by atoms with Crippen molar-refractivity contribution >= 4 is 28.7 Å². The first-order chi connectivity index (χ1) is 13.6. The normalized spacial score (nSPS) is 11.6. The van der Waals surface area contributed by atoms with Crippen LogP contribution in [0.5, 0.6) is 0 Å². The van der Waals surface area contributed by atoms with E-state index in [1.165, 1.54) is 0 Å². The molecule has 3 aromatic rings. The Bertz CT molecular complexity index is 989. The van der Waals surface area contributed by atoms with E-state index in [-0.39, 0.29) is 0 Å². The number of benzene rings is 2. The number of aromatic nitrogens is 1. The van der Waals surface area contributed by atoms with E-state index >= 15 is 0 Å². The number of H-pyrrole nitrogens is 1. The van der Waals surface area contributed by atoms with Crippen LogP contribution >= 0.6 is 0 Å². The molecule has 0 fully saturated rings. The number of fused-ring (bicyclic) bond motifs is 1. The van der Waals surface area contributed by atoms with Gasteiger partial charge in [0.1, 0.15) is 0 Å². The smallest absolute Gasteiger partial charge is 0.295 e. The Hall–Kier alpha value is -3.18. The van der Waals surface area contributed by atoms with Crippen molar-refractivity contribution in [2.24, 2.45) is 5.73 Å². The van der Waals surface area contributed by atoms with E-state index in [2.05, 4.69) is 4.98 Å². The molecule has 0 spiro atoms. The number of nitrogens with one attached hydrogen (secondary N) is 1. The lowest BCUT2D eigenvalue weighted by atomic mass is 10.1. The standard InChI is InChI=1S/C23H25N3O2/c1-17(14-18-8-3-2-4-9-18)16-26(13-7-12-24)23(28)22(27)20-15-25-21-11-6-5-10-19(20)21/h2-6,8-11,14-15,25H,7,12-13,16,24H2,1H3/b17-14+. The van der Waals surface area contributed by atoms with Gasteiger partial charge in [-0.2, -0.15) is 0 Å². The van der Waals surface area contributed by atoms with Crippen molar-refractivity contribution in [2.75, 3.05) is 19.6 Å². The summed E-state index contributed by atoms with van der Waals surface area (Å²) in [5.41, 5.74) is 8.95. The van der Waals surface area contributed by atoms with Gasteiger partial charge in [0, 0.05) is 30.2 Å². The van der Waals surface area contributed by atoms with Gasteiger partial charge in [0.25, 0.3) is 11.7 Å². The molecule has 0 aliphatic heterocycles. The number of hydrogen-bond donors (Lipinski definition) is 2. The molecule has 0 atom stereocenters. The van der Waals surface area contributed by atoms with Gasteiger partial charge in [-0.15, -0.1) is 0 Å². The molecule has 5 heteroatoms. The minimum Gasteiger partial charge on any atom is -0.360 e. The molecule has 1 aromatic heterocycles. The molecule has 0 saturated heterocycles. The summed E-state index contributed by atoms with van der Waals surface area (Å²) in [4.78, 5) is 30.5. The highest BCUT2D eigenvalue weighted by molar-refractivity contribution is 6.44. The van der Waals surface area contributed by atoms with Gasteiger partial charge < -0.3 is 15.6 Å². The third kappa shape index (κ3) is 4.56. The fraction of sp³-hybridized carbons (Fsp3) is 0.217. The number of amides is 1. The van der Waals surface area contributed by atoms with E-state index in [9.17, 15) is 9.59 Å². The Labute approximate surface area is 164 Å². The fourth-order valence-corrected chi connectivity index (χ4v) is 3.23. The summed E-state index contributed by atoms with van der Waals surface area (Å²) < 4.78 is 0. The van der Waals surface area contributed by atoms with Crippen LogP contribution in [0, 0.1) is 0 Å².